The standard InChI is InChI=1S/C20H17FN6O/c1-11-6-13(14-8-23-25-18(14)24-11)16-17(15-3-2-12(21)7-22-15)26-27-9-20(4-5-20)10-28-19(16)27/h2-3,6-8H,4-5,9-10H2,1H3,(H,23,24,25). The van der Waals surface area contributed by atoms with E-state index in [1.165, 1.54) is 12.3 Å². The molecule has 1 aliphatic heterocycles. The lowest BCUT2D eigenvalue weighted by Gasteiger charge is -2.24. The number of aromatic nitrogens is 6. The number of ether oxygens (including phenoxy) is 1. The second kappa shape index (κ2) is 5.37. The molecule has 0 amide bonds. The van der Waals surface area contributed by atoms with Crippen LogP contribution < -0.4 is 4.74 Å². The number of H-pyrrole nitrogens is 1. The monoisotopic (exact) mass is 376 g/mol. The number of hydrogen-bond donors (Lipinski definition) is 1. The molecule has 6 rings (SSSR count). The minimum Gasteiger partial charge on any atom is -0.477 e. The zero-order valence-electron chi connectivity index (χ0n) is 15.2. The molecule has 140 valence electrons. The smallest absolute Gasteiger partial charge is 0.220 e. The number of halogens is 1. The van der Waals surface area contributed by atoms with E-state index < -0.39 is 0 Å². The van der Waals surface area contributed by atoms with Crippen molar-refractivity contribution < 1.29 is 9.13 Å². The number of nitrogens with one attached hydrogen (secondary N) is 1. The maximum atomic E-state index is 13.4. The Morgan fingerprint density at radius 3 is 2.93 bits per heavy atom. The van der Waals surface area contributed by atoms with Gasteiger partial charge in [0, 0.05) is 22.1 Å². The third kappa shape index (κ3) is 2.27. The second-order valence-electron chi connectivity index (χ2n) is 7.78. The summed E-state index contributed by atoms with van der Waals surface area (Å²) < 4.78 is 21.6. The van der Waals surface area contributed by atoms with Crippen molar-refractivity contribution in [3.8, 4) is 28.4 Å². The van der Waals surface area contributed by atoms with E-state index in [4.69, 9.17) is 9.84 Å². The number of nitrogens with zero attached hydrogens (tertiary/aromatic N) is 5. The zero-order chi connectivity index (χ0) is 18.9. The van der Waals surface area contributed by atoms with Crippen LogP contribution in [0.1, 0.15) is 18.5 Å². The fourth-order valence-electron chi connectivity index (χ4n) is 3.97. The highest BCUT2D eigenvalue weighted by Gasteiger charge is 2.48. The van der Waals surface area contributed by atoms with E-state index in [0.717, 1.165) is 47.5 Å². The first-order valence-electron chi connectivity index (χ1n) is 9.29. The predicted molar refractivity (Wildman–Crippen MR) is 100 cm³/mol. The number of fused-ring (bicyclic) bond motifs is 2. The molecule has 5 heterocycles. The highest BCUT2D eigenvalue weighted by Crippen LogP contribution is 2.53. The number of pyridine rings is 2. The van der Waals surface area contributed by atoms with Crippen molar-refractivity contribution >= 4 is 11.0 Å². The molecular formula is C20H17FN6O. The summed E-state index contributed by atoms with van der Waals surface area (Å²) in [6.45, 7) is 3.46. The fourth-order valence-corrected chi connectivity index (χ4v) is 3.97. The summed E-state index contributed by atoms with van der Waals surface area (Å²) in [6, 6.07) is 5.06. The first kappa shape index (κ1) is 15.7. The van der Waals surface area contributed by atoms with E-state index in [0.29, 0.717) is 23.6 Å². The van der Waals surface area contributed by atoms with Gasteiger partial charge in [-0.1, -0.05) is 0 Å². The van der Waals surface area contributed by atoms with Gasteiger partial charge in [-0.05, 0) is 38.0 Å². The van der Waals surface area contributed by atoms with Crippen LogP contribution in [0.4, 0.5) is 4.39 Å². The molecule has 0 unspecified atom stereocenters. The SMILES string of the molecule is Cc1cc(-c2c(-c3ccc(F)cn3)nn3c2OCC2(CC2)C3)c2cn[nH]c2n1. The van der Waals surface area contributed by atoms with Gasteiger partial charge in [0.15, 0.2) is 5.65 Å². The molecular weight excluding hydrogens is 359 g/mol. The Bertz CT molecular complexity index is 1220. The maximum Gasteiger partial charge on any atom is 0.220 e. The van der Waals surface area contributed by atoms with Gasteiger partial charge in [0.1, 0.15) is 11.5 Å². The molecule has 1 aliphatic carbocycles. The van der Waals surface area contributed by atoms with Crippen molar-refractivity contribution in [3.05, 3.63) is 42.1 Å². The third-order valence-corrected chi connectivity index (χ3v) is 5.65. The van der Waals surface area contributed by atoms with Crippen LogP contribution in [0.2, 0.25) is 0 Å². The molecule has 28 heavy (non-hydrogen) atoms. The first-order valence-corrected chi connectivity index (χ1v) is 9.29. The van der Waals surface area contributed by atoms with Crippen molar-refractivity contribution in [1.29, 1.82) is 0 Å². The number of rotatable bonds is 2. The highest BCUT2D eigenvalue weighted by atomic mass is 19.1. The summed E-state index contributed by atoms with van der Waals surface area (Å²) in [5.41, 5.74) is 4.86. The Kier molecular flexibility index (Phi) is 3.02. The molecule has 0 aromatic carbocycles. The summed E-state index contributed by atoms with van der Waals surface area (Å²) in [4.78, 5) is 8.79. The Hall–Kier alpha value is -3.29. The molecule has 4 aromatic heterocycles. The van der Waals surface area contributed by atoms with Gasteiger partial charge in [-0.3, -0.25) is 10.1 Å². The molecule has 0 radical (unpaired) electrons. The minimum atomic E-state index is -0.376. The summed E-state index contributed by atoms with van der Waals surface area (Å²) in [6.07, 6.45) is 5.29. The lowest BCUT2D eigenvalue weighted by atomic mass is 10.0. The van der Waals surface area contributed by atoms with Crippen molar-refractivity contribution in [2.45, 2.75) is 26.3 Å². The van der Waals surface area contributed by atoms with Crippen LogP contribution in [0, 0.1) is 18.2 Å². The van der Waals surface area contributed by atoms with Crippen LogP contribution in [0.25, 0.3) is 33.5 Å². The molecule has 4 aromatic rings. The largest absolute Gasteiger partial charge is 0.477 e. The van der Waals surface area contributed by atoms with Crippen molar-refractivity contribution in [1.82, 2.24) is 29.9 Å². The van der Waals surface area contributed by atoms with Gasteiger partial charge in [0.2, 0.25) is 5.88 Å². The average Bonchev–Trinajstić information content (AvgIpc) is 3.11. The topological polar surface area (TPSA) is 81.5 Å². The molecule has 0 saturated heterocycles. The highest BCUT2D eigenvalue weighted by molar-refractivity contribution is 5.98. The Balaban J connectivity index is 1.64. The van der Waals surface area contributed by atoms with Gasteiger partial charge in [-0.2, -0.15) is 10.2 Å². The fraction of sp³-hybridized carbons (Fsp3) is 0.300. The second-order valence-corrected chi connectivity index (χ2v) is 7.78. The van der Waals surface area contributed by atoms with Gasteiger partial charge < -0.3 is 4.74 Å². The van der Waals surface area contributed by atoms with Crippen LogP contribution in [0.5, 0.6) is 5.88 Å². The van der Waals surface area contributed by atoms with E-state index in [1.807, 2.05) is 17.7 Å². The molecule has 2 aliphatic rings. The molecule has 0 bridgehead atoms. The number of aryl methyl sites for hydroxylation is 1. The third-order valence-electron chi connectivity index (χ3n) is 5.65. The maximum absolute atomic E-state index is 13.4. The normalized spacial score (nSPS) is 16.9. The van der Waals surface area contributed by atoms with E-state index in [1.54, 1.807) is 12.3 Å². The van der Waals surface area contributed by atoms with E-state index in [2.05, 4.69) is 20.2 Å². The zero-order valence-corrected chi connectivity index (χ0v) is 15.2. The van der Waals surface area contributed by atoms with E-state index in [-0.39, 0.29) is 11.2 Å². The molecule has 1 fully saturated rings. The van der Waals surface area contributed by atoms with Crippen LogP contribution in [0.3, 0.4) is 0 Å². The van der Waals surface area contributed by atoms with Gasteiger partial charge in [-0.15, -0.1) is 0 Å². The summed E-state index contributed by atoms with van der Waals surface area (Å²) in [7, 11) is 0. The quantitative estimate of drug-likeness (QED) is 0.579. The molecule has 1 spiro atoms. The van der Waals surface area contributed by atoms with Crippen molar-refractivity contribution in [2.24, 2.45) is 5.41 Å². The van der Waals surface area contributed by atoms with Crippen LogP contribution in [-0.4, -0.2) is 36.6 Å². The molecule has 7 nitrogen and oxygen atoms in total. The molecule has 1 saturated carbocycles. The van der Waals surface area contributed by atoms with E-state index in [9.17, 15) is 4.39 Å². The van der Waals surface area contributed by atoms with Gasteiger partial charge in [-0.25, -0.2) is 14.1 Å². The van der Waals surface area contributed by atoms with Crippen molar-refractivity contribution in [3.63, 3.8) is 0 Å². The Labute approximate surface area is 159 Å². The van der Waals surface area contributed by atoms with Gasteiger partial charge in [0.05, 0.1) is 36.8 Å². The van der Waals surface area contributed by atoms with Gasteiger partial charge >= 0.3 is 0 Å². The number of aromatic amines is 1. The number of hydrogen-bond acceptors (Lipinski definition) is 5. The summed E-state index contributed by atoms with van der Waals surface area (Å²) in [5, 5.41) is 12.8. The average molecular weight is 376 g/mol. The molecule has 1 N–H and O–H groups in total. The minimum absolute atomic E-state index is 0.211. The lowest BCUT2D eigenvalue weighted by Crippen LogP contribution is -2.27. The summed E-state index contributed by atoms with van der Waals surface area (Å²) in [5.74, 6) is 0.353. The molecule has 8 heteroatoms. The summed E-state index contributed by atoms with van der Waals surface area (Å²) >= 11 is 0. The predicted octanol–water partition coefficient (Wildman–Crippen LogP) is 3.50. The van der Waals surface area contributed by atoms with Crippen LogP contribution in [0.15, 0.2) is 30.6 Å². The lowest BCUT2D eigenvalue weighted by molar-refractivity contribution is 0.149. The first-order chi connectivity index (χ1) is 13.6. The van der Waals surface area contributed by atoms with Crippen LogP contribution in [-0.2, 0) is 6.54 Å². The van der Waals surface area contributed by atoms with Crippen LogP contribution >= 0.6 is 0 Å². The van der Waals surface area contributed by atoms with E-state index >= 15 is 0 Å². The Morgan fingerprint density at radius 2 is 2.14 bits per heavy atom. The van der Waals surface area contributed by atoms with Gasteiger partial charge in [0.25, 0.3) is 0 Å². The Morgan fingerprint density at radius 1 is 1.25 bits per heavy atom. The van der Waals surface area contributed by atoms with Crippen molar-refractivity contribution in [2.75, 3.05) is 6.61 Å². The molecule has 0 atom stereocenters.